The molecule has 1 atom stereocenters. The molecule has 1 aliphatic heterocycles. The highest BCUT2D eigenvalue weighted by molar-refractivity contribution is 5.98. The summed E-state index contributed by atoms with van der Waals surface area (Å²) in [6.07, 6.45) is 6.74. The minimum atomic E-state index is -0.692. The molecule has 0 saturated carbocycles. The lowest BCUT2D eigenvalue weighted by Crippen LogP contribution is -2.23. The van der Waals surface area contributed by atoms with Gasteiger partial charge in [0.1, 0.15) is 12.9 Å². The third-order valence-corrected chi connectivity index (χ3v) is 6.30. The molecular weight excluding hydrogens is 428 g/mol. The Morgan fingerprint density at radius 2 is 1.88 bits per heavy atom. The normalized spacial score (nSPS) is 16.5. The van der Waals surface area contributed by atoms with Gasteiger partial charge in [0, 0.05) is 31.0 Å². The number of likely N-dealkylation sites (tertiary alicyclic amines) is 1. The molecule has 1 aliphatic rings. The molecule has 2 aromatic carbocycles. The molecule has 4 rings (SSSR count). The van der Waals surface area contributed by atoms with Crippen LogP contribution in [0.3, 0.4) is 0 Å². The van der Waals surface area contributed by atoms with Crippen LogP contribution in [0.5, 0.6) is 0 Å². The van der Waals surface area contributed by atoms with E-state index in [4.69, 9.17) is 4.84 Å². The lowest BCUT2D eigenvalue weighted by molar-refractivity contribution is -0.141. The molecule has 0 spiro atoms. The van der Waals surface area contributed by atoms with Gasteiger partial charge in [-0.05, 0) is 60.2 Å². The summed E-state index contributed by atoms with van der Waals surface area (Å²) in [5.41, 5.74) is 7.43. The number of aryl methyl sites for hydroxylation is 1. The van der Waals surface area contributed by atoms with Gasteiger partial charge in [-0.2, -0.15) is 0 Å². The number of hydrogen-bond donors (Lipinski definition) is 1. The van der Waals surface area contributed by atoms with Crippen LogP contribution in [0.25, 0.3) is 11.1 Å². The van der Waals surface area contributed by atoms with Crippen LogP contribution in [0.2, 0.25) is 0 Å². The lowest BCUT2D eigenvalue weighted by Gasteiger charge is -2.18. The molecule has 0 aliphatic carbocycles. The van der Waals surface area contributed by atoms with Gasteiger partial charge in [-0.25, -0.2) is 9.97 Å². The van der Waals surface area contributed by atoms with Crippen molar-refractivity contribution < 1.29 is 14.7 Å². The van der Waals surface area contributed by atoms with Gasteiger partial charge in [0.15, 0.2) is 0 Å². The Morgan fingerprint density at radius 1 is 1.12 bits per heavy atom. The predicted molar refractivity (Wildman–Crippen MR) is 131 cm³/mol. The standard InChI is InChI=1S/C27H30N4O3/c1-3-21-12-23(8-9-24(21)15-31-11-10-25(16-31)27(32)33)19(2)30-34-17-20-4-6-22(7-5-20)26-13-28-18-29-14-26/h4-9,12-14,18,25H,3,10-11,15-17H2,1-2H3,(H,32,33). The van der Waals surface area contributed by atoms with Crippen molar-refractivity contribution in [3.8, 4) is 11.1 Å². The maximum atomic E-state index is 11.2. The quantitative estimate of drug-likeness (QED) is 0.374. The average molecular weight is 459 g/mol. The fourth-order valence-electron chi connectivity index (χ4n) is 4.25. The van der Waals surface area contributed by atoms with Crippen LogP contribution in [0.1, 0.15) is 42.5 Å². The summed E-state index contributed by atoms with van der Waals surface area (Å²) >= 11 is 0. The number of aliphatic carboxylic acids is 1. The molecule has 7 heteroatoms. The van der Waals surface area contributed by atoms with E-state index in [0.29, 0.717) is 13.2 Å². The second kappa shape index (κ2) is 11.0. The van der Waals surface area contributed by atoms with E-state index in [1.807, 2.05) is 31.2 Å². The zero-order valence-corrected chi connectivity index (χ0v) is 19.6. The summed E-state index contributed by atoms with van der Waals surface area (Å²) in [5, 5.41) is 13.6. The number of oxime groups is 1. The van der Waals surface area contributed by atoms with Gasteiger partial charge in [0.25, 0.3) is 0 Å². The highest BCUT2D eigenvalue weighted by atomic mass is 16.6. The van der Waals surface area contributed by atoms with Gasteiger partial charge in [0.2, 0.25) is 0 Å². The van der Waals surface area contributed by atoms with E-state index in [1.54, 1.807) is 12.4 Å². The molecule has 3 aromatic rings. The zero-order valence-electron chi connectivity index (χ0n) is 19.6. The molecule has 176 valence electrons. The molecule has 2 heterocycles. The molecule has 1 fully saturated rings. The van der Waals surface area contributed by atoms with Crippen LogP contribution in [0.15, 0.2) is 66.3 Å². The Balaban J connectivity index is 1.35. The van der Waals surface area contributed by atoms with Crippen molar-refractivity contribution in [3.05, 3.63) is 83.4 Å². The number of benzene rings is 2. The third kappa shape index (κ3) is 5.85. The second-order valence-electron chi connectivity index (χ2n) is 8.67. The molecule has 1 saturated heterocycles. The SMILES string of the molecule is CCc1cc(C(C)=NOCc2ccc(-c3cncnc3)cc2)ccc1CN1CCC(C(=O)O)C1. The number of carboxylic acid groups (broad SMARTS) is 1. The first-order chi connectivity index (χ1) is 16.5. The summed E-state index contributed by atoms with van der Waals surface area (Å²) in [5.74, 6) is -0.943. The van der Waals surface area contributed by atoms with Crippen molar-refractivity contribution in [2.75, 3.05) is 13.1 Å². The Kier molecular flexibility index (Phi) is 7.65. The first-order valence-corrected chi connectivity index (χ1v) is 11.6. The van der Waals surface area contributed by atoms with Gasteiger partial charge in [-0.1, -0.05) is 48.5 Å². The molecule has 1 unspecified atom stereocenters. The molecule has 1 N–H and O–H groups in total. The highest BCUT2D eigenvalue weighted by Gasteiger charge is 2.28. The Bertz CT molecular complexity index is 1150. The number of hydrogen-bond acceptors (Lipinski definition) is 6. The maximum absolute atomic E-state index is 11.2. The third-order valence-electron chi connectivity index (χ3n) is 6.30. The molecule has 0 amide bonds. The van der Waals surface area contributed by atoms with E-state index >= 15 is 0 Å². The van der Waals surface area contributed by atoms with E-state index in [0.717, 1.165) is 53.9 Å². The predicted octanol–water partition coefficient (Wildman–Crippen LogP) is 4.55. The van der Waals surface area contributed by atoms with Crippen molar-refractivity contribution in [3.63, 3.8) is 0 Å². The molecule has 1 aromatic heterocycles. The van der Waals surface area contributed by atoms with E-state index in [1.165, 1.54) is 17.5 Å². The van der Waals surface area contributed by atoms with E-state index in [9.17, 15) is 9.90 Å². The van der Waals surface area contributed by atoms with Crippen molar-refractivity contribution >= 4 is 11.7 Å². The number of nitrogens with zero attached hydrogens (tertiary/aromatic N) is 4. The minimum absolute atomic E-state index is 0.251. The highest BCUT2D eigenvalue weighted by Crippen LogP contribution is 2.22. The number of carbonyl (C=O) groups is 1. The molecule has 34 heavy (non-hydrogen) atoms. The lowest BCUT2D eigenvalue weighted by atomic mass is 9.99. The second-order valence-corrected chi connectivity index (χ2v) is 8.67. The smallest absolute Gasteiger partial charge is 0.307 e. The summed E-state index contributed by atoms with van der Waals surface area (Å²) in [6.45, 7) is 6.71. The van der Waals surface area contributed by atoms with Gasteiger partial charge in [-0.15, -0.1) is 0 Å². The van der Waals surface area contributed by atoms with Crippen LogP contribution < -0.4 is 0 Å². The van der Waals surface area contributed by atoms with Crippen LogP contribution >= 0.6 is 0 Å². The van der Waals surface area contributed by atoms with Crippen molar-refractivity contribution in [1.29, 1.82) is 0 Å². The number of rotatable bonds is 9. The summed E-state index contributed by atoms with van der Waals surface area (Å²) in [6, 6.07) is 14.5. The summed E-state index contributed by atoms with van der Waals surface area (Å²) in [7, 11) is 0. The van der Waals surface area contributed by atoms with Crippen LogP contribution in [-0.4, -0.2) is 44.7 Å². The monoisotopic (exact) mass is 458 g/mol. The zero-order chi connectivity index (χ0) is 23.9. The summed E-state index contributed by atoms with van der Waals surface area (Å²) in [4.78, 5) is 27.2. The van der Waals surface area contributed by atoms with Crippen LogP contribution in [-0.2, 0) is 29.2 Å². The van der Waals surface area contributed by atoms with Gasteiger partial charge in [-0.3, -0.25) is 9.69 Å². The van der Waals surface area contributed by atoms with Gasteiger partial charge >= 0.3 is 5.97 Å². The van der Waals surface area contributed by atoms with Crippen molar-refractivity contribution in [1.82, 2.24) is 14.9 Å². The van der Waals surface area contributed by atoms with Gasteiger partial charge in [0.05, 0.1) is 11.6 Å². The largest absolute Gasteiger partial charge is 0.481 e. The molecule has 0 bridgehead atoms. The van der Waals surface area contributed by atoms with Crippen LogP contribution in [0, 0.1) is 5.92 Å². The average Bonchev–Trinajstić information content (AvgIpc) is 3.34. The van der Waals surface area contributed by atoms with E-state index in [2.05, 4.69) is 45.1 Å². The Labute approximate surface area is 200 Å². The molecule has 0 radical (unpaired) electrons. The van der Waals surface area contributed by atoms with E-state index < -0.39 is 5.97 Å². The Morgan fingerprint density at radius 3 is 2.56 bits per heavy atom. The fraction of sp³-hybridized carbons (Fsp3) is 0.333. The maximum Gasteiger partial charge on any atom is 0.307 e. The first kappa shape index (κ1) is 23.6. The first-order valence-electron chi connectivity index (χ1n) is 11.6. The number of aromatic nitrogens is 2. The Hall–Kier alpha value is -3.58. The van der Waals surface area contributed by atoms with E-state index in [-0.39, 0.29) is 5.92 Å². The van der Waals surface area contributed by atoms with Crippen LogP contribution in [0.4, 0.5) is 0 Å². The number of carboxylic acids is 1. The van der Waals surface area contributed by atoms with Crippen molar-refractivity contribution in [2.24, 2.45) is 11.1 Å². The van der Waals surface area contributed by atoms with Gasteiger partial charge < -0.3 is 9.94 Å². The fourth-order valence-corrected chi connectivity index (χ4v) is 4.25. The topological polar surface area (TPSA) is 87.9 Å². The van der Waals surface area contributed by atoms with Crippen molar-refractivity contribution in [2.45, 2.75) is 39.8 Å². The molecular formula is C27H30N4O3. The minimum Gasteiger partial charge on any atom is -0.481 e. The summed E-state index contributed by atoms with van der Waals surface area (Å²) < 4.78 is 0. The molecule has 7 nitrogen and oxygen atoms in total.